The highest BCUT2D eigenvalue weighted by molar-refractivity contribution is 5.35. The Balaban J connectivity index is 2.43. The fourth-order valence-corrected chi connectivity index (χ4v) is 3.98. The van der Waals surface area contributed by atoms with Gasteiger partial charge in [-0.1, -0.05) is 51.5 Å². The van der Waals surface area contributed by atoms with E-state index in [1.807, 2.05) is 0 Å². The fourth-order valence-electron chi connectivity index (χ4n) is 3.98. The molecular formula is C19H30O. The first-order valence-corrected chi connectivity index (χ1v) is 8.31. The average molecular weight is 274 g/mol. The molecule has 0 N–H and O–H groups in total. The number of benzene rings is 1. The molecule has 1 heteroatoms. The Morgan fingerprint density at radius 1 is 1.15 bits per heavy atom. The largest absolute Gasteiger partial charge is 0.375 e. The summed E-state index contributed by atoms with van der Waals surface area (Å²) in [7, 11) is 0. The zero-order chi connectivity index (χ0) is 14.6. The lowest BCUT2D eigenvalue weighted by molar-refractivity contribution is -0.0983. The number of aryl methyl sites for hydroxylation is 1. The van der Waals surface area contributed by atoms with Gasteiger partial charge in [-0.15, -0.1) is 0 Å². The Kier molecular flexibility index (Phi) is 4.90. The highest BCUT2D eigenvalue weighted by Crippen LogP contribution is 2.46. The van der Waals surface area contributed by atoms with Crippen molar-refractivity contribution < 1.29 is 4.74 Å². The molecule has 112 valence electrons. The number of ether oxygens (including phenoxy) is 1. The summed E-state index contributed by atoms with van der Waals surface area (Å²) in [6, 6.07) is 9.08. The lowest BCUT2D eigenvalue weighted by Crippen LogP contribution is -2.45. The van der Waals surface area contributed by atoms with Gasteiger partial charge in [0.05, 0.1) is 5.60 Å². The molecule has 1 nitrogen and oxygen atoms in total. The summed E-state index contributed by atoms with van der Waals surface area (Å²) in [6.07, 6.45) is 7.10. The van der Waals surface area contributed by atoms with Gasteiger partial charge in [-0.2, -0.15) is 0 Å². The molecule has 0 bridgehead atoms. The zero-order valence-electron chi connectivity index (χ0n) is 13.7. The first kappa shape index (κ1) is 15.6. The summed E-state index contributed by atoms with van der Waals surface area (Å²) in [5, 5.41) is 0. The van der Waals surface area contributed by atoms with Gasteiger partial charge in [0, 0.05) is 12.0 Å². The summed E-state index contributed by atoms with van der Waals surface area (Å²) in [6.45, 7) is 10.0. The van der Waals surface area contributed by atoms with E-state index in [-0.39, 0.29) is 5.60 Å². The van der Waals surface area contributed by atoms with Crippen molar-refractivity contribution in [3.05, 3.63) is 35.4 Å². The maximum Gasteiger partial charge on any atom is 0.0660 e. The summed E-state index contributed by atoms with van der Waals surface area (Å²) in [5.74, 6) is 0. The molecule has 0 radical (unpaired) electrons. The molecule has 2 atom stereocenters. The number of rotatable bonds is 5. The van der Waals surface area contributed by atoms with Crippen LogP contribution in [0.4, 0.5) is 0 Å². The van der Waals surface area contributed by atoms with Gasteiger partial charge in [0.2, 0.25) is 0 Å². The van der Waals surface area contributed by atoms with Crippen molar-refractivity contribution in [2.45, 2.75) is 77.2 Å². The second kappa shape index (κ2) is 6.30. The summed E-state index contributed by atoms with van der Waals surface area (Å²) in [5.41, 5.74) is 3.49. The standard InChI is InChI=1S/C19H30O/c1-5-12-19(13-14-20-18(4,7-3)15-19)17-11-9-8-10-16(17)6-2/h8-11H,5-7,12-15H2,1-4H3. The highest BCUT2D eigenvalue weighted by Gasteiger charge is 2.43. The molecule has 2 rings (SSSR count). The van der Waals surface area contributed by atoms with Crippen LogP contribution < -0.4 is 0 Å². The van der Waals surface area contributed by atoms with Crippen LogP contribution in [0.1, 0.15) is 70.9 Å². The molecule has 1 aromatic carbocycles. The van der Waals surface area contributed by atoms with Crippen molar-refractivity contribution in [2.75, 3.05) is 6.61 Å². The highest BCUT2D eigenvalue weighted by atomic mass is 16.5. The van der Waals surface area contributed by atoms with Crippen LogP contribution in [-0.4, -0.2) is 12.2 Å². The van der Waals surface area contributed by atoms with E-state index in [2.05, 4.69) is 52.0 Å². The number of hydrogen-bond acceptors (Lipinski definition) is 1. The van der Waals surface area contributed by atoms with E-state index in [0.717, 1.165) is 19.4 Å². The molecule has 1 heterocycles. The Labute approximate surface area is 124 Å². The molecule has 0 aliphatic carbocycles. The van der Waals surface area contributed by atoms with Gasteiger partial charge in [0.25, 0.3) is 0 Å². The third-order valence-corrected chi connectivity index (χ3v) is 5.19. The maximum atomic E-state index is 6.11. The van der Waals surface area contributed by atoms with E-state index in [1.165, 1.54) is 31.2 Å². The van der Waals surface area contributed by atoms with Crippen LogP contribution in [0.25, 0.3) is 0 Å². The summed E-state index contributed by atoms with van der Waals surface area (Å²) in [4.78, 5) is 0. The van der Waals surface area contributed by atoms with Gasteiger partial charge in [-0.25, -0.2) is 0 Å². The minimum absolute atomic E-state index is 0.0499. The van der Waals surface area contributed by atoms with Crippen LogP contribution in [-0.2, 0) is 16.6 Å². The fraction of sp³-hybridized carbons (Fsp3) is 0.684. The lowest BCUT2D eigenvalue weighted by Gasteiger charge is -2.47. The summed E-state index contributed by atoms with van der Waals surface area (Å²) >= 11 is 0. The SMILES string of the molecule is CCCC1(c2ccccc2CC)CCOC(C)(CC)C1. The molecule has 2 unspecified atom stereocenters. The van der Waals surface area contributed by atoms with Crippen LogP contribution in [0.5, 0.6) is 0 Å². The van der Waals surface area contributed by atoms with Gasteiger partial charge < -0.3 is 4.74 Å². The lowest BCUT2D eigenvalue weighted by atomic mass is 9.65. The smallest absolute Gasteiger partial charge is 0.0660 e. The Morgan fingerprint density at radius 3 is 2.55 bits per heavy atom. The molecule has 0 spiro atoms. The molecule has 1 aromatic rings. The maximum absolute atomic E-state index is 6.11. The van der Waals surface area contributed by atoms with Crippen LogP contribution in [0.2, 0.25) is 0 Å². The van der Waals surface area contributed by atoms with Crippen molar-refractivity contribution in [2.24, 2.45) is 0 Å². The predicted octanol–water partition coefficient (Wildman–Crippen LogP) is 5.27. The van der Waals surface area contributed by atoms with E-state index >= 15 is 0 Å². The van der Waals surface area contributed by atoms with Gasteiger partial charge >= 0.3 is 0 Å². The van der Waals surface area contributed by atoms with Crippen LogP contribution >= 0.6 is 0 Å². The monoisotopic (exact) mass is 274 g/mol. The molecule has 1 aliphatic heterocycles. The Hall–Kier alpha value is -0.820. The van der Waals surface area contributed by atoms with E-state index < -0.39 is 0 Å². The molecule has 1 aliphatic rings. The van der Waals surface area contributed by atoms with Crippen molar-refractivity contribution in [1.82, 2.24) is 0 Å². The normalized spacial score (nSPS) is 30.4. The average Bonchev–Trinajstić information content (AvgIpc) is 2.47. The van der Waals surface area contributed by atoms with Crippen molar-refractivity contribution >= 4 is 0 Å². The van der Waals surface area contributed by atoms with E-state index in [1.54, 1.807) is 5.56 Å². The van der Waals surface area contributed by atoms with Crippen LogP contribution in [0.3, 0.4) is 0 Å². The molecule has 1 fully saturated rings. The Morgan fingerprint density at radius 2 is 1.90 bits per heavy atom. The van der Waals surface area contributed by atoms with Crippen LogP contribution in [0.15, 0.2) is 24.3 Å². The third kappa shape index (κ3) is 2.93. The van der Waals surface area contributed by atoms with Gasteiger partial charge in [-0.05, 0) is 50.2 Å². The van der Waals surface area contributed by atoms with E-state index in [0.29, 0.717) is 5.41 Å². The molecule has 20 heavy (non-hydrogen) atoms. The van der Waals surface area contributed by atoms with Crippen molar-refractivity contribution in [3.8, 4) is 0 Å². The zero-order valence-corrected chi connectivity index (χ0v) is 13.7. The molecule has 1 saturated heterocycles. The van der Waals surface area contributed by atoms with Crippen LogP contribution in [0, 0.1) is 0 Å². The topological polar surface area (TPSA) is 9.23 Å². The predicted molar refractivity (Wildman–Crippen MR) is 86.3 cm³/mol. The van der Waals surface area contributed by atoms with E-state index in [9.17, 15) is 0 Å². The minimum Gasteiger partial charge on any atom is -0.375 e. The van der Waals surface area contributed by atoms with Gasteiger partial charge in [0.1, 0.15) is 0 Å². The van der Waals surface area contributed by atoms with Gasteiger partial charge in [-0.3, -0.25) is 0 Å². The Bertz CT molecular complexity index is 435. The van der Waals surface area contributed by atoms with Crippen molar-refractivity contribution in [3.63, 3.8) is 0 Å². The molecule has 0 amide bonds. The number of hydrogen-bond donors (Lipinski definition) is 0. The second-order valence-electron chi connectivity index (χ2n) is 6.62. The second-order valence-corrected chi connectivity index (χ2v) is 6.62. The quantitative estimate of drug-likeness (QED) is 0.711. The minimum atomic E-state index is 0.0499. The van der Waals surface area contributed by atoms with Crippen molar-refractivity contribution in [1.29, 1.82) is 0 Å². The molecule has 0 saturated carbocycles. The summed E-state index contributed by atoms with van der Waals surface area (Å²) < 4.78 is 6.11. The third-order valence-electron chi connectivity index (χ3n) is 5.19. The van der Waals surface area contributed by atoms with E-state index in [4.69, 9.17) is 4.74 Å². The molecule has 0 aromatic heterocycles. The first-order valence-electron chi connectivity index (χ1n) is 8.31. The molecular weight excluding hydrogens is 244 g/mol. The van der Waals surface area contributed by atoms with Gasteiger partial charge in [0.15, 0.2) is 0 Å². The first-order chi connectivity index (χ1) is 9.59.